The highest BCUT2D eigenvalue weighted by Crippen LogP contribution is 2.34. The van der Waals surface area contributed by atoms with E-state index in [4.69, 9.17) is 11.6 Å². The van der Waals surface area contributed by atoms with E-state index in [1.54, 1.807) is 0 Å². The number of halogens is 2. The maximum atomic E-state index is 13.3. The van der Waals surface area contributed by atoms with Crippen LogP contribution in [-0.2, 0) is 6.54 Å². The summed E-state index contributed by atoms with van der Waals surface area (Å²) in [5.41, 5.74) is 2.85. The second-order valence-corrected chi connectivity index (χ2v) is 6.90. The number of fused-ring (bicyclic) bond motifs is 1. The third-order valence-electron chi connectivity index (χ3n) is 4.50. The maximum Gasteiger partial charge on any atom is 0.322 e. The molecule has 4 nitrogen and oxygen atoms in total. The molecule has 1 aliphatic heterocycles. The van der Waals surface area contributed by atoms with Gasteiger partial charge in [-0.25, -0.2) is 9.18 Å². The van der Waals surface area contributed by atoms with Crippen LogP contribution in [0.3, 0.4) is 0 Å². The highest BCUT2D eigenvalue weighted by Gasteiger charge is 2.33. The summed E-state index contributed by atoms with van der Waals surface area (Å²) in [5, 5.41) is 2.83. The minimum atomic E-state index is -0.499. The first kappa shape index (κ1) is 16.8. The van der Waals surface area contributed by atoms with E-state index in [1.807, 2.05) is 4.90 Å². The first-order chi connectivity index (χ1) is 11.4. The monoisotopic (exact) mass is 349 g/mol. The van der Waals surface area contributed by atoms with Crippen LogP contribution in [0, 0.1) is 18.7 Å². The number of benzene rings is 1. The zero-order valence-corrected chi connectivity index (χ0v) is 14.8. The number of nitrogens with one attached hydrogen (secondary N) is 1. The van der Waals surface area contributed by atoms with Crippen molar-refractivity contribution in [2.24, 2.45) is 5.92 Å². The smallest absolute Gasteiger partial charge is 0.322 e. The number of hydrogen-bond acceptors (Lipinski definition) is 1. The fourth-order valence-corrected chi connectivity index (χ4v) is 3.54. The Morgan fingerprint density at radius 1 is 1.29 bits per heavy atom. The first-order valence-corrected chi connectivity index (χ1v) is 8.45. The molecular formula is C18H21ClFN3O. The molecule has 2 amide bonds. The maximum absolute atomic E-state index is 13.3. The highest BCUT2D eigenvalue weighted by molar-refractivity contribution is 6.31. The van der Waals surface area contributed by atoms with E-state index in [9.17, 15) is 9.18 Å². The summed E-state index contributed by atoms with van der Waals surface area (Å²) < 4.78 is 15.5. The summed E-state index contributed by atoms with van der Waals surface area (Å²) in [6.07, 6.45) is 0. The van der Waals surface area contributed by atoms with Gasteiger partial charge in [-0.05, 0) is 43.2 Å². The minimum absolute atomic E-state index is 0.00312. The van der Waals surface area contributed by atoms with Crippen molar-refractivity contribution in [2.45, 2.75) is 33.4 Å². The molecule has 0 fully saturated rings. The topological polar surface area (TPSA) is 37.3 Å². The van der Waals surface area contributed by atoms with Crippen LogP contribution < -0.4 is 5.32 Å². The minimum Gasteiger partial charge on any atom is -0.345 e. The lowest BCUT2D eigenvalue weighted by Crippen LogP contribution is -2.46. The van der Waals surface area contributed by atoms with Gasteiger partial charge in [-0.1, -0.05) is 25.4 Å². The van der Waals surface area contributed by atoms with Crippen LogP contribution >= 0.6 is 11.6 Å². The zero-order chi connectivity index (χ0) is 17.4. The molecule has 0 unspecified atom stereocenters. The molecule has 1 N–H and O–H groups in total. The SMILES string of the molecule is Cc1ccc2n1CCN(C(=O)Nc1ccc(F)c(Cl)c1)[C@H]2C(C)C. The van der Waals surface area contributed by atoms with Gasteiger partial charge in [-0.3, -0.25) is 0 Å². The second kappa shape index (κ2) is 6.48. The molecule has 0 saturated heterocycles. The molecule has 1 aromatic heterocycles. The third-order valence-corrected chi connectivity index (χ3v) is 4.79. The number of aryl methyl sites for hydroxylation is 1. The predicted molar refractivity (Wildman–Crippen MR) is 93.9 cm³/mol. The highest BCUT2D eigenvalue weighted by atomic mass is 35.5. The van der Waals surface area contributed by atoms with Crippen LogP contribution in [0.15, 0.2) is 30.3 Å². The average molecular weight is 350 g/mol. The van der Waals surface area contributed by atoms with E-state index in [0.29, 0.717) is 12.2 Å². The molecule has 0 spiro atoms. The van der Waals surface area contributed by atoms with E-state index in [1.165, 1.54) is 23.9 Å². The van der Waals surface area contributed by atoms with E-state index in [2.05, 4.69) is 42.8 Å². The van der Waals surface area contributed by atoms with Crippen molar-refractivity contribution in [3.8, 4) is 0 Å². The number of carbonyl (C=O) groups excluding carboxylic acids is 1. The average Bonchev–Trinajstić information content (AvgIpc) is 2.91. The fourth-order valence-electron chi connectivity index (χ4n) is 3.36. The van der Waals surface area contributed by atoms with Crippen molar-refractivity contribution in [2.75, 3.05) is 11.9 Å². The van der Waals surface area contributed by atoms with Gasteiger partial charge in [0.1, 0.15) is 5.82 Å². The molecule has 0 saturated carbocycles. The fraction of sp³-hybridized carbons (Fsp3) is 0.389. The molecule has 1 aromatic carbocycles. The van der Waals surface area contributed by atoms with Crippen molar-refractivity contribution in [3.63, 3.8) is 0 Å². The summed E-state index contributed by atoms with van der Waals surface area (Å²) in [7, 11) is 0. The standard InChI is InChI=1S/C18H21ClFN3O/c1-11(2)17-16-7-4-12(3)22(16)8-9-23(17)18(24)21-13-5-6-15(20)14(19)10-13/h4-7,10-11,17H,8-9H2,1-3H3,(H,21,24)/t17-/m0/s1. The Morgan fingerprint density at radius 3 is 2.71 bits per heavy atom. The molecule has 128 valence electrons. The zero-order valence-electron chi connectivity index (χ0n) is 14.0. The van der Waals surface area contributed by atoms with Gasteiger partial charge in [-0.15, -0.1) is 0 Å². The Bertz CT molecular complexity index is 772. The van der Waals surface area contributed by atoms with Gasteiger partial charge in [0.05, 0.1) is 11.1 Å². The molecule has 3 rings (SSSR count). The first-order valence-electron chi connectivity index (χ1n) is 8.07. The van der Waals surface area contributed by atoms with Gasteiger partial charge in [0, 0.05) is 30.2 Å². The Labute approximate surface area is 146 Å². The molecule has 2 aromatic rings. The molecule has 24 heavy (non-hydrogen) atoms. The number of nitrogens with zero attached hydrogens (tertiary/aromatic N) is 2. The van der Waals surface area contributed by atoms with Crippen LogP contribution in [-0.4, -0.2) is 22.0 Å². The van der Waals surface area contributed by atoms with Crippen LogP contribution in [0.5, 0.6) is 0 Å². The number of carbonyl (C=O) groups is 1. The van der Waals surface area contributed by atoms with Crippen molar-refractivity contribution in [3.05, 3.63) is 52.6 Å². The van der Waals surface area contributed by atoms with Gasteiger partial charge in [0.15, 0.2) is 0 Å². The van der Waals surface area contributed by atoms with E-state index in [-0.39, 0.29) is 23.0 Å². The molecule has 0 radical (unpaired) electrons. The van der Waals surface area contributed by atoms with Crippen LogP contribution in [0.2, 0.25) is 5.02 Å². The summed E-state index contributed by atoms with van der Waals surface area (Å²) in [5.74, 6) is -0.220. The van der Waals surface area contributed by atoms with E-state index < -0.39 is 5.82 Å². The molecule has 0 aliphatic carbocycles. The van der Waals surface area contributed by atoms with Crippen molar-refractivity contribution in [1.82, 2.24) is 9.47 Å². The third kappa shape index (κ3) is 3.00. The molecule has 6 heteroatoms. The quantitative estimate of drug-likeness (QED) is 0.828. The summed E-state index contributed by atoms with van der Waals surface area (Å²) >= 11 is 5.79. The summed E-state index contributed by atoms with van der Waals surface area (Å²) in [4.78, 5) is 14.6. The largest absolute Gasteiger partial charge is 0.345 e. The molecular weight excluding hydrogens is 329 g/mol. The number of hydrogen-bond donors (Lipinski definition) is 1. The van der Waals surface area contributed by atoms with Gasteiger partial charge < -0.3 is 14.8 Å². The summed E-state index contributed by atoms with van der Waals surface area (Å²) in [6, 6.07) is 8.18. The number of urea groups is 1. The molecule has 2 heterocycles. The Hall–Kier alpha value is -2.01. The van der Waals surface area contributed by atoms with E-state index in [0.717, 1.165) is 12.2 Å². The van der Waals surface area contributed by atoms with Gasteiger partial charge in [0.25, 0.3) is 0 Å². The normalized spacial score (nSPS) is 17.1. The second-order valence-electron chi connectivity index (χ2n) is 6.49. The Kier molecular flexibility index (Phi) is 4.54. The van der Waals surface area contributed by atoms with Crippen LogP contribution in [0.1, 0.15) is 31.3 Å². The van der Waals surface area contributed by atoms with Crippen LogP contribution in [0.25, 0.3) is 0 Å². The van der Waals surface area contributed by atoms with Gasteiger partial charge in [-0.2, -0.15) is 0 Å². The van der Waals surface area contributed by atoms with Gasteiger partial charge in [0.2, 0.25) is 0 Å². The van der Waals surface area contributed by atoms with E-state index >= 15 is 0 Å². The van der Waals surface area contributed by atoms with Crippen molar-refractivity contribution >= 4 is 23.3 Å². The number of rotatable bonds is 2. The lowest BCUT2D eigenvalue weighted by Gasteiger charge is -2.39. The van der Waals surface area contributed by atoms with Crippen molar-refractivity contribution < 1.29 is 9.18 Å². The Balaban J connectivity index is 1.84. The lowest BCUT2D eigenvalue weighted by molar-refractivity contribution is 0.143. The number of amides is 2. The molecule has 1 atom stereocenters. The lowest BCUT2D eigenvalue weighted by atomic mass is 9.97. The van der Waals surface area contributed by atoms with Gasteiger partial charge >= 0.3 is 6.03 Å². The number of anilines is 1. The summed E-state index contributed by atoms with van der Waals surface area (Å²) in [6.45, 7) is 7.70. The molecule has 1 aliphatic rings. The van der Waals surface area contributed by atoms with Crippen molar-refractivity contribution in [1.29, 1.82) is 0 Å². The predicted octanol–water partition coefficient (Wildman–Crippen LogP) is 4.83. The van der Waals surface area contributed by atoms with Crippen LogP contribution in [0.4, 0.5) is 14.9 Å². The number of aromatic nitrogens is 1. The Morgan fingerprint density at radius 2 is 2.04 bits per heavy atom. The molecule has 0 bridgehead atoms.